The number of amides is 1. The lowest BCUT2D eigenvalue weighted by Gasteiger charge is -2.27. The summed E-state index contributed by atoms with van der Waals surface area (Å²) >= 11 is 9.20. The highest BCUT2D eigenvalue weighted by atomic mass is 79.9. The summed E-state index contributed by atoms with van der Waals surface area (Å²) in [7, 11) is 0. The molecule has 1 atom stereocenters. The average molecular weight is 367 g/mol. The van der Waals surface area contributed by atoms with Crippen LogP contribution in [0.2, 0.25) is 5.02 Å². The quantitative estimate of drug-likeness (QED) is 0.604. The molecule has 1 amide bonds. The second-order valence-electron chi connectivity index (χ2n) is 4.44. The van der Waals surface area contributed by atoms with Crippen molar-refractivity contribution < 1.29 is 4.79 Å². The summed E-state index contributed by atoms with van der Waals surface area (Å²) in [6.45, 7) is 1.88. The highest BCUT2D eigenvalue weighted by Crippen LogP contribution is 2.15. The van der Waals surface area contributed by atoms with E-state index in [1.54, 1.807) is 24.3 Å². The van der Waals surface area contributed by atoms with E-state index in [0.29, 0.717) is 10.6 Å². The van der Waals surface area contributed by atoms with Crippen LogP contribution in [-0.4, -0.2) is 12.1 Å². The van der Waals surface area contributed by atoms with Crippen molar-refractivity contribution in [2.24, 2.45) is 0 Å². The van der Waals surface area contributed by atoms with E-state index in [0.717, 1.165) is 10.2 Å². The van der Waals surface area contributed by atoms with Crippen LogP contribution in [0.15, 0.2) is 53.0 Å². The van der Waals surface area contributed by atoms with Crippen molar-refractivity contribution in [3.63, 3.8) is 0 Å². The van der Waals surface area contributed by atoms with Crippen molar-refractivity contribution in [3.8, 4) is 0 Å². The van der Waals surface area contributed by atoms with Crippen molar-refractivity contribution >= 4 is 39.1 Å². The first kappa shape index (κ1) is 15.9. The number of nitrogens with one attached hydrogen (secondary N) is 2. The summed E-state index contributed by atoms with van der Waals surface area (Å²) in [4.78, 5) is 12.2. The minimum atomic E-state index is -0.262. The standard InChI is InChI=1S/C16H15BrClN2O/c1-2-15(19-14-9-7-13(18)8-10-14)20-16(21)11-3-5-12(17)6-4-11/h2-10,15,19H,1H3,(H,20,21)/q-1. The van der Waals surface area contributed by atoms with E-state index in [4.69, 9.17) is 11.6 Å². The van der Waals surface area contributed by atoms with Gasteiger partial charge in [0.15, 0.2) is 0 Å². The molecule has 5 heteroatoms. The van der Waals surface area contributed by atoms with Gasteiger partial charge in [-0.2, -0.15) is 6.92 Å². The van der Waals surface area contributed by atoms with Crippen LogP contribution in [-0.2, 0) is 0 Å². The number of benzene rings is 2. The van der Waals surface area contributed by atoms with Crippen LogP contribution >= 0.6 is 27.5 Å². The first-order chi connectivity index (χ1) is 10.1. The molecule has 21 heavy (non-hydrogen) atoms. The second kappa shape index (κ2) is 7.48. The summed E-state index contributed by atoms with van der Waals surface area (Å²) in [6, 6.07) is 14.6. The summed E-state index contributed by atoms with van der Waals surface area (Å²) in [5, 5.41) is 6.80. The molecular formula is C16H15BrClN2O-. The zero-order chi connectivity index (χ0) is 15.2. The Morgan fingerprint density at radius 2 is 1.76 bits per heavy atom. The Kier molecular flexibility index (Phi) is 5.65. The second-order valence-corrected chi connectivity index (χ2v) is 5.79. The zero-order valence-corrected chi connectivity index (χ0v) is 13.8. The largest absolute Gasteiger partial charge is 0.393 e. The smallest absolute Gasteiger partial charge is 0.250 e. The third-order valence-corrected chi connectivity index (χ3v) is 3.67. The Labute approximate surface area is 137 Å². The Balaban J connectivity index is 1.99. The molecule has 0 radical (unpaired) electrons. The molecule has 3 nitrogen and oxygen atoms in total. The molecule has 2 N–H and O–H groups in total. The van der Waals surface area contributed by atoms with Crippen LogP contribution < -0.4 is 10.6 Å². The number of hydrogen-bond acceptors (Lipinski definition) is 2. The molecule has 0 saturated heterocycles. The summed E-state index contributed by atoms with van der Waals surface area (Å²) in [6.07, 6.45) is 1.62. The van der Waals surface area contributed by atoms with Crippen LogP contribution in [0.1, 0.15) is 17.3 Å². The van der Waals surface area contributed by atoms with Crippen molar-refractivity contribution in [2.45, 2.75) is 13.1 Å². The lowest BCUT2D eigenvalue weighted by Crippen LogP contribution is -2.40. The van der Waals surface area contributed by atoms with Gasteiger partial charge < -0.3 is 10.6 Å². The van der Waals surface area contributed by atoms with Gasteiger partial charge in [0.1, 0.15) is 0 Å². The number of carbonyl (C=O) groups excluding carboxylic acids is 1. The lowest BCUT2D eigenvalue weighted by molar-refractivity contribution is 0.0946. The SMILES string of the molecule is C[CH-]C(NC(=O)c1ccc(Br)cc1)Nc1ccc(Cl)cc1. The van der Waals surface area contributed by atoms with E-state index in [-0.39, 0.29) is 12.1 Å². The van der Waals surface area contributed by atoms with Gasteiger partial charge >= 0.3 is 0 Å². The van der Waals surface area contributed by atoms with Gasteiger partial charge in [-0.1, -0.05) is 27.5 Å². The third-order valence-electron chi connectivity index (χ3n) is 2.89. The van der Waals surface area contributed by atoms with Crippen LogP contribution in [0, 0.1) is 6.42 Å². The van der Waals surface area contributed by atoms with E-state index in [2.05, 4.69) is 26.6 Å². The van der Waals surface area contributed by atoms with E-state index in [1.165, 1.54) is 0 Å². The minimum Gasteiger partial charge on any atom is -0.393 e. The number of carbonyl (C=O) groups is 1. The fraction of sp³-hybridized carbons (Fsp3) is 0.125. The van der Waals surface area contributed by atoms with Crippen LogP contribution in [0.25, 0.3) is 0 Å². The molecule has 0 aliphatic heterocycles. The van der Waals surface area contributed by atoms with Crippen LogP contribution in [0.5, 0.6) is 0 Å². The fourth-order valence-electron chi connectivity index (χ4n) is 1.75. The van der Waals surface area contributed by atoms with Gasteiger partial charge in [0.2, 0.25) is 0 Å². The zero-order valence-electron chi connectivity index (χ0n) is 11.4. The van der Waals surface area contributed by atoms with Gasteiger partial charge in [-0.15, -0.1) is 0 Å². The average Bonchev–Trinajstić information content (AvgIpc) is 2.49. The normalized spacial score (nSPS) is 11.8. The molecule has 110 valence electrons. The van der Waals surface area contributed by atoms with Crippen molar-refractivity contribution in [2.75, 3.05) is 5.32 Å². The van der Waals surface area contributed by atoms with Crippen molar-refractivity contribution in [1.29, 1.82) is 0 Å². The molecule has 2 aromatic carbocycles. The van der Waals surface area contributed by atoms with Gasteiger partial charge in [0, 0.05) is 20.7 Å². The fourth-order valence-corrected chi connectivity index (χ4v) is 2.14. The highest BCUT2D eigenvalue weighted by Gasteiger charge is 2.07. The maximum atomic E-state index is 12.2. The molecule has 0 fully saturated rings. The third kappa shape index (κ3) is 4.76. The van der Waals surface area contributed by atoms with Gasteiger partial charge in [-0.05, 0) is 54.7 Å². The lowest BCUT2D eigenvalue weighted by atomic mass is 10.2. The summed E-state index contributed by atoms with van der Waals surface area (Å²) in [5.41, 5.74) is 1.50. The van der Waals surface area contributed by atoms with Crippen LogP contribution in [0.4, 0.5) is 5.69 Å². The van der Waals surface area contributed by atoms with E-state index in [1.807, 2.05) is 37.6 Å². The van der Waals surface area contributed by atoms with Gasteiger partial charge in [0.25, 0.3) is 5.91 Å². The number of hydrogen-bond donors (Lipinski definition) is 2. The molecule has 0 heterocycles. The molecule has 0 aliphatic carbocycles. The molecule has 0 aliphatic rings. The topological polar surface area (TPSA) is 41.1 Å². The summed E-state index contributed by atoms with van der Waals surface area (Å²) in [5.74, 6) is -0.132. The van der Waals surface area contributed by atoms with Crippen molar-refractivity contribution in [3.05, 3.63) is 70.0 Å². The van der Waals surface area contributed by atoms with E-state index < -0.39 is 0 Å². The van der Waals surface area contributed by atoms with Crippen LogP contribution in [0.3, 0.4) is 0 Å². The predicted molar refractivity (Wildman–Crippen MR) is 90.4 cm³/mol. The maximum absolute atomic E-state index is 12.2. The van der Waals surface area contributed by atoms with Gasteiger partial charge in [-0.3, -0.25) is 11.2 Å². The van der Waals surface area contributed by atoms with Gasteiger partial charge in [-0.25, -0.2) is 0 Å². The predicted octanol–water partition coefficient (Wildman–Crippen LogP) is 4.49. The summed E-state index contributed by atoms with van der Waals surface area (Å²) < 4.78 is 0.942. The maximum Gasteiger partial charge on any atom is 0.250 e. The minimum absolute atomic E-state index is 0.132. The first-order valence-corrected chi connectivity index (χ1v) is 7.63. The Morgan fingerprint density at radius 1 is 1.14 bits per heavy atom. The number of halogens is 2. The van der Waals surface area contributed by atoms with E-state index >= 15 is 0 Å². The van der Waals surface area contributed by atoms with Gasteiger partial charge in [0.05, 0.1) is 0 Å². The van der Waals surface area contributed by atoms with E-state index in [9.17, 15) is 4.79 Å². The molecule has 0 aromatic heterocycles. The molecule has 0 bridgehead atoms. The molecule has 0 saturated carbocycles. The Bertz CT molecular complexity index is 599. The first-order valence-electron chi connectivity index (χ1n) is 6.46. The van der Waals surface area contributed by atoms with Crippen molar-refractivity contribution in [1.82, 2.24) is 5.32 Å². The Morgan fingerprint density at radius 3 is 2.33 bits per heavy atom. The molecular weight excluding hydrogens is 352 g/mol. The molecule has 2 aromatic rings. The monoisotopic (exact) mass is 365 g/mol. The highest BCUT2D eigenvalue weighted by molar-refractivity contribution is 9.10. The number of rotatable bonds is 5. The molecule has 2 rings (SSSR count). The Hall–Kier alpha value is -1.52. The molecule has 0 spiro atoms. The number of anilines is 1. The molecule has 1 unspecified atom stereocenters.